The first-order valence-electron chi connectivity index (χ1n) is 7.54. The molecule has 1 saturated carbocycles. The molecule has 0 saturated heterocycles. The van der Waals surface area contributed by atoms with Gasteiger partial charge in [0.25, 0.3) is 0 Å². The summed E-state index contributed by atoms with van der Waals surface area (Å²) in [6, 6.07) is 15.2. The molecule has 0 radical (unpaired) electrons. The highest BCUT2D eigenvalue weighted by Gasteiger charge is 2.18. The molecule has 0 N–H and O–H groups in total. The lowest BCUT2D eigenvalue weighted by Gasteiger charge is -2.16. The number of hydrogen-bond acceptors (Lipinski definition) is 1. The molecule has 116 valence electrons. The molecule has 1 aliphatic carbocycles. The minimum Gasteiger partial charge on any atom is -0.294 e. The molecular formula is C20H16Cl2O. The quantitative estimate of drug-likeness (QED) is 0.592. The number of hydrogen-bond donors (Lipinski definition) is 0. The summed E-state index contributed by atoms with van der Waals surface area (Å²) in [7, 11) is 0. The molecule has 0 bridgehead atoms. The summed E-state index contributed by atoms with van der Waals surface area (Å²) < 4.78 is 0. The normalized spacial score (nSPS) is 18.6. The van der Waals surface area contributed by atoms with Crippen LogP contribution in [0.15, 0.2) is 59.7 Å². The Morgan fingerprint density at radius 2 is 1.26 bits per heavy atom. The summed E-state index contributed by atoms with van der Waals surface area (Å²) in [5.74, 6) is 0.200. The molecule has 23 heavy (non-hydrogen) atoms. The highest BCUT2D eigenvalue weighted by molar-refractivity contribution is 6.30. The van der Waals surface area contributed by atoms with E-state index in [-0.39, 0.29) is 5.78 Å². The molecule has 0 atom stereocenters. The number of rotatable bonds is 2. The van der Waals surface area contributed by atoms with Gasteiger partial charge in [-0.1, -0.05) is 59.1 Å². The topological polar surface area (TPSA) is 17.1 Å². The van der Waals surface area contributed by atoms with Gasteiger partial charge >= 0.3 is 0 Å². The monoisotopic (exact) mass is 342 g/mol. The summed E-state index contributed by atoms with van der Waals surface area (Å²) in [5, 5.41) is 1.43. The molecular weight excluding hydrogens is 327 g/mol. The zero-order valence-corrected chi connectivity index (χ0v) is 14.1. The summed E-state index contributed by atoms with van der Waals surface area (Å²) in [6.07, 6.45) is 6.24. The molecule has 2 aromatic carbocycles. The molecule has 0 aromatic heterocycles. The van der Waals surface area contributed by atoms with Crippen LogP contribution in [-0.2, 0) is 4.79 Å². The fourth-order valence-electron chi connectivity index (χ4n) is 2.67. The summed E-state index contributed by atoms with van der Waals surface area (Å²) in [6.45, 7) is 0. The SMILES string of the molecule is O=C1C/C(=C\c2ccc(Cl)cc2)CC/C1=C/c1ccc(Cl)cc1. The number of carbonyl (C=O) groups is 1. The van der Waals surface area contributed by atoms with Crippen molar-refractivity contribution in [3.63, 3.8) is 0 Å². The minimum absolute atomic E-state index is 0.200. The molecule has 0 aliphatic heterocycles. The predicted molar refractivity (Wildman–Crippen MR) is 97.7 cm³/mol. The van der Waals surface area contributed by atoms with E-state index >= 15 is 0 Å². The van der Waals surface area contributed by atoms with Gasteiger partial charge in [0.05, 0.1) is 0 Å². The van der Waals surface area contributed by atoms with Gasteiger partial charge in [0.2, 0.25) is 0 Å². The molecule has 1 fully saturated rings. The van der Waals surface area contributed by atoms with Crippen LogP contribution in [0.5, 0.6) is 0 Å². The smallest absolute Gasteiger partial charge is 0.162 e. The van der Waals surface area contributed by atoms with Gasteiger partial charge in [0.15, 0.2) is 5.78 Å². The van der Waals surface area contributed by atoms with Crippen LogP contribution in [0.25, 0.3) is 12.2 Å². The van der Waals surface area contributed by atoms with Crippen molar-refractivity contribution in [1.29, 1.82) is 0 Å². The van der Waals surface area contributed by atoms with Crippen LogP contribution in [0.3, 0.4) is 0 Å². The van der Waals surface area contributed by atoms with Gasteiger partial charge < -0.3 is 0 Å². The third-order valence-electron chi connectivity index (χ3n) is 3.91. The number of carbonyl (C=O) groups excluding carboxylic acids is 1. The maximum absolute atomic E-state index is 12.4. The van der Waals surface area contributed by atoms with Crippen LogP contribution in [0, 0.1) is 0 Å². The highest BCUT2D eigenvalue weighted by Crippen LogP contribution is 2.28. The van der Waals surface area contributed by atoms with E-state index in [2.05, 4.69) is 6.08 Å². The largest absolute Gasteiger partial charge is 0.294 e. The number of benzene rings is 2. The predicted octanol–water partition coefficient (Wildman–Crippen LogP) is 6.21. The zero-order valence-electron chi connectivity index (χ0n) is 12.6. The summed E-state index contributed by atoms with van der Waals surface area (Å²) >= 11 is 11.8. The van der Waals surface area contributed by atoms with Crippen molar-refractivity contribution >= 4 is 41.1 Å². The van der Waals surface area contributed by atoms with Crippen LogP contribution in [0.1, 0.15) is 30.4 Å². The fraction of sp³-hybridized carbons (Fsp3) is 0.150. The molecule has 2 aromatic rings. The minimum atomic E-state index is 0.200. The van der Waals surface area contributed by atoms with E-state index < -0.39 is 0 Å². The van der Waals surface area contributed by atoms with E-state index in [1.54, 1.807) is 0 Å². The second-order valence-electron chi connectivity index (χ2n) is 5.68. The second-order valence-corrected chi connectivity index (χ2v) is 6.55. The Morgan fingerprint density at radius 1 is 0.739 bits per heavy atom. The van der Waals surface area contributed by atoms with E-state index in [0.717, 1.165) is 34.6 Å². The Hall–Kier alpha value is -1.83. The standard InChI is InChI=1S/C20H16Cl2O/c21-18-7-2-14(3-8-18)11-16-1-6-17(20(23)13-16)12-15-4-9-19(22)10-5-15/h2-5,7-12H,1,6,13H2/b16-11-,17-12-. The lowest BCUT2D eigenvalue weighted by molar-refractivity contribution is -0.115. The van der Waals surface area contributed by atoms with Crippen molar-refractivity contribution in [2.45, 2.75) is 19.3 Å². The van der Waals surface area contributed by atoms with E-state index in [1.165, 1.54) is 5.57 Å². The number of halogens is 2. The Bertz CT molecular complexity index is 768. The highest BCUT2D eigenvalue weighted by atomic mass is 35.5. The first kappa shape index (κ1) is 16.0. The maximum Gasteiger partial charge on any atom is 0.162 e. The Morgan fingerprint density at radius 3 is 1.78 bits per heavy atom. The van der Waals surface area contributed by atoms with E-state index in [9.17, 15) is 4.79 Å². The van der Waals surface area contributed by atoms with Gasteiger partial charge in [-0.2, -0.15) is 0 Å². The van der Waals surface area contributed by atoms with Crippen LogP contribution in [0.2, 0.25) is 10.0 Å². The van der Waals surface area contributed by atoms with Crippen molar-refractivity contribution in [1.82, 2.24) is 0 Å². The first-order valence-corrected chi connectivity index (χ1v) is 8.30. The molecule has 0 spiro atoms. The van der Waals surface area contributed by atoms with E-state index in [1.807, 2.05) is 54.6 Å². The van der Waals surface area contributed by atoms with Crippen molar-refractivity contribution in [3.8, 4) is 0 Å². The van der Waals surface area contributed by atoms with Gasteiger partial charge in [-0.05, 0) is 59.9 Å². The fourth-order valence-corrected chi connectivity index (χ4v) is 2.93. The molecule has 3 heteroatoms. The number of allylic oxidation sites excluding steroid dienone is 2. The van der Waals surface area contributed by atoms with Crippen LogP contribution < -0.4 is 0 Å². The zero-order chi connectivity index (χ0) is 16.2. The third kappa shape index (κ3) is 4.34. The van der Waals surface area contributed by atoms with Crippen molar-refractivity contribution in [2.75, 3.05) is 0 Å². The number of ketones is 1. The molecule has 0 unspecified atom stereocenters. The maximum atomic E-state index is 12.4. The van der Waals surface area contributed by atoms with Crippen LogP contribution in [-0.4, -0.2) is 5.78 Å². The second kappa shape index (κ2) is 7.16. The van der Waals surface area contributed by atoms with Gasteiger partial charge in [-0.15, -0.1) is 0 Å². The van der Waals surface area contributed by atoms with Crippen molar-refractivity contribution < 1.29 is 4.79 Å². The lowest BCUT2D eigenvalue weighted by Crippen LogP contribution is -2.10. The van der Waals surface area contributed by atoms with Crippen LogP contribution in [0.4, 0.5) is 0 Å². The Kier molecular flexibility index (Phi) is 5.00. The molecule has 3 rings (SSSR count). The third-order valence-corrected chi connectivity index (χ3v) is 4.42. The molecule has 1 aliphatic rings. The van der Waals surface area contributed by atoms with Gasteiger partial charge in [0, 0.05) is 16.5 Å². The van der Waals surface area contributed by atoms with Gasteiger partial charge in [-0.25, -0.2) is 0 Å². The van der Waals surface area contributed by atoms with Gasteiger partial charge in [-0.3, -0.25) is 4.79 Å². The van der Waals surface area contributed by atoms with Crippen molar-refractivity contribution in [2.24, 2.45) is 0 Å². The Labute approximate surface area is 146 Å². The Balaban J connectivity index is 1.73. The average molecular weight is 343 g/mol. The van der Waals surface area contributed by atoms with Crippen molar-refractivity contribution in [3.05, 3.63) is 80.8 Å². The average Bonchev–Trinajstić information content (AvgIpc) is 2.54. The lowest BCUT2D eigenvalue weighted by atomic mass is 9.87. The summed E-state index contributed by atoms with van der Waals surface area (Å²) in [4.78, 5) is 12.4. The van der Waals surface area contributed by atoms with Gasteiger partial charge in [0.1, 0.15) is 0 Å². The molecule has 0 amide bonds. The summed E-state index contributed by atoms with van der Waals surface area (Å²) in [5.41, 5.74) is 4.16. The van der Waals surface area contributed by atoms with E-state index in [4.69, 9.17) is 23.2 Å². The van der Waals surface area contributed by atoms with Crippen LogP contribution >= 0.6 is 23.2 Å². The molecule has 0 heterocycles. The molecule has 1 nitrogen and oxygen atoms in total. The van der Waals surface area contributed by atoms with E-state index in [0.29, 0.717) is 11.4 Å². The number of Topliss-reactive ketones (excluding diaryl/α,β-unsaturated/α-hetero) is 1. The first-order chi connectivity index (χ1) is 11.1.